The van der Waals surface area contributed by atoms with Crippen LogP contribution in [0.5, 0.6) is 0 Å². The molecule has 3 heterocycles. The second-order valence-corrected chi connectivity index (χ2v) is 4.68. The van der Waals surface area contributed by atoms with E-state index in [1.807, 2.05) is 6.92 Å². The lowest BCUT2D eigenvalue weighted by molar-refractivity contribution is 0.442. The molecule has 0 bridgehead atoms. The summed E-state index contributed by atoms with van der Waals surface area (Å²) in [6, 6.07) is 0.524. The fourth-order valence-electron chi connectivity index (χ4n) is 2.53. The average Bonchev–Trinajstić information content (AvgIpc) is 2.72. The highest BCUT2D eigenvalue weighted by Crippen LogP contribution is 2.30. The van der Waals surface area contributed by atoms with Crippen molar-refractivity contribution in [3.8, 4) is 0 Å². The molecule has 1 aliphatic heterocycles. The van der Waals surface area contributed by atoms with E-state index in [-0.39, 0.29) is 0 Å². The lowest BCUT2D eigenvalue weighted by Crippen LogP contribution is -2.38. The lowest BCUT2D eigenvalue weighted by atomic mass is 10.0. The van der Waals surface area contributed by atoms with Gasteiger partial charge < -0.3 is 9.42 Å². The van der Waals surface area contributed by atoms with E-state index in [1.54, 1.807) is 6.33 Å². The first-order valence-corrected chi connectivity index (χ1v) is 6.11. The molecule has 1 fully saturated rings. The maximum atomic E-state index is 5.19. The van der Waals surface area contributed by atoms with Crippen molar-refractivity contribution in [3.05, 3.63) is 12.0 Å². The molecule has 1 saturated heterocycles. The third kappa shape index (κ3) is 1.66. The summed E-state index contributed by atoms with van der Waals surface area (Å²) < 4.78 is 5.19. The molecule has 5 nitrogen and oxygen atoms in total. The van der Waals surface area contributed by atoms with E-state index >= 15 is 0 Å². The monoisotopic (exact) mass is 232 g/mol. The number of aromatic nitrogens is 3. The number of rotatable bonds is 1. The zero-order valence-electron chi connectivity index (χ0n) is 10.2. The minimum Gasteiger partial charge on any atom is -0.353 e. The van der Waals surface area contributed by atoms with Gasteiger partial charge in [-0.25, -0.2) is 4.98 Å². The Morgan fingerprint density at radius 1 is 1.35 bits per heavy atom. The highest BCUT2D eigenvalue weighted by atomic mass is 16.5. The minimum atomic E-state index is 0.524. The molecular formula is C12H16N4O. The Kier molecular flexibility index (Phi) is 2.46. The molecular weight excluding hydrogens is 216 g/mol. The van der Waals surface area contributed by atoms with Crippen molar-refractivity contribution in [1.29, 1.82) is 0 Å². The molecule has 0 N–H and O–H groups in total. The molecule has 1 aliphatic rings. The lowest BCUT2D eigenvalue weighted by Gasteiger charge is -2.34. The molecule has 0 aromatic carbocycles. The van der Waals surface area contributed by atoms with Gasteiger partial charge in [-0.1, -0.05) is 5.16 Å². The normalized spacial score (nSPS) is 21.1. The van der Waals surface area contributed by atoms with Gasteiger partial charge in [0.15, 0.2) is 0 Å². The number of hydrogen-bond donors (Lipinski definition) is 0. The summed E-state index contributed by atoms with van der Waals surface area (Å²) in [6.07, 6.45) is 5.30. The van der Waals surface area contributed by atoms with Crippen LogP contribution in [-0.2, 0) is 0 Å². The van der Waals surface area contributed by atoms with Crippen LogP contribution in [0, 0.1) is 6.92 Å². The zero-order valence-corrected chi connectivity index (χ0v) is 10.2. The van der Waals surface area contributed by atoms with E-state index in [1.165, 1.54) is 19.3 Å². The number of aryl methyl sites for hydroxylation is 1. The Hall–Kier alpha value is -1.65. The van der Waals surface area contributed by atoms with Crippen LogP contribution in [0.2, 0.25) is 0 Å². The molecule has 2 aromatic rings. The topological polar surface area (TPSA) is 55.1 Å². The fraction of sp³-hybridized carbons (Fsp3) is 0.583. The van der Waals surface area contributed by atoms with Crippen molar-refractivity contribution >= 4 is 16.9 Å². The molecule has 0 aliphatic carbocycles. The molecule has 0 saturated carbocycles. The SMILES string of the molecule is Cc1noc2ncnc(N3CCCC[C@@H]3C)c12. The summed E-state index contributed by atoms with van der Waals surface area (Å²) in [4.78, 5) is 10.9. The standard InChI is InChI=1S/C12H16N4O/c1-8-5-3-4-6-16(8)11-10-9(2)15-17-12(10)14-7-13-11/h7-8H,3-6H2,1-2H3/t8-/m0/s1. The van der Waals surface area contributed by atoms with Crippen molar-refractivity contribution in [2.45, 2.75) is 39.2 Å². The van der Waals surface area contributed by atoms with E-state index in [9.17, 15) is 0 Å². The third-order valence-corrected chi connectivity index (χ3v) is 3.50. The number of anilines is 1. The number of hydrogen-bond acceptors (Lipinski definition) is 5. The Balaban J connectivity index is 2.12. The van der Waals surface area contributed by atoms with Gasteiger partial charge in [-0.3, -0.25) is 0 Å². The molecule has 2 aromatic heterocycles. The Bertz CT molecular complexity index is 536. The molecule has 1 atom stereocenters. The first-order chi connectivity index (χ1) is 8.27. The summed E-state index contributed by atoms with van der Waals surface area (Å²) in [7, 11) is 0. The van der Waals surface area contributed by atoms with Gasteiger partial charge in [0, 0.05) is 12.6 Å². The van der Waals surface area contributed by atoms with Crippen LogP contribution in [0.15, 0.2) is 10.9 Å². The Morgan fingerprint density at radius 3 is 3.06 bits per heavy atom. The van der Waals surface area contributed by atoms with Crippen LogP contribution < -0.4 is 4.90 Å². The van der Waals surface area contributed by atoms with Gasteiger partial charge in [-0.05, 0) is 33.1 Å². The first kappa shape index (κ1) is 10.5. The van der Waals surface area contributed by atoms with E-state index in [4.69, 9.17) is 4.52 Å². The largest absolute Gasteiger partial charge is 0.353 e. The van der Waals surface area contributed by atoms with Crippen LogP contribution in [0.1, 0.15) is 31.9 Å². The summed E-state index contributed by atoms with van der Waals surface area (Å²) in [6.45, 7) is 5.24. The summed E-state index contributed by atoms with van der Waals surface area (Å²) in [5.41, 5.74) is 1.46. The van der Waals surface area contributed by atoms with E-state index < -0.39 is 0 Å². The van der Waals surface area contributed by atoms with Crippen molar-refractivity contribution in [1.82, 2.24) is 15.1 Å². The molecule has 90 valence electrons. The van der Waals surface area contributed by atoms with Gasteiger partial charge in [0.1, 0.15) is 17.5 Å². The van der Waals surface area contributed by atoms with Gasteiger partial charge in [-0.15, -0.1) is 0 Å². The molecule has 5 heteroatoms. The first-order valence-electron chi connectivity index (χ1n) is 6.11. The van der Waals surface area contributed by atoms with Crippen molar-refractivity contribution in [3.63, 3.8) is 0 Å². The van der Waals surface area contributed by atoms with Crippen LogP contribution in [-0.4, -0.2) is 27.7 Å². The number of piperidine rings is 1. The van der Waals surface area contributed by atoms with Crippen LogP contribution in [0.25, 0.3) is 11.1 Å². The van der Waals surface area contributed by atoms with E-state index in [0.717, 1.165) is 23.4 Å². The van der Waals surface area contributed by atoms with Crippen LogP contribution >= 0.6 is 0 Å². The second kappa shape index (κ2) is 3.98. The third-order valence-electron chi connectivity index (χ3n) is 3.50. The van der Waals surface area contributed by atoms with E-state index in [2.05, 4.69) is 26.9 Å². The minimum absolute atomic E-state index is 0.524. The van der Waals surface area contributed by atoms with Gasteiger partial charge in [0.2, 0.25) is 0 Å². The molecule has 0 radical (unpaired) electrons. The second-order valence-electron chi connectivity index (χ2n) is 4.68. The highest BCUT2D eigenvalue weighted by Gasteiger charge is 2.23. The molecule has 0 spiro atoms. The highest BCUT2D eigenvalue weighted by molar-refractivity contribution is 5.88. The maximum absolute atomic E-state index is 5.19. The predicted molar refractivity (Wildman–Crippen MR) is 65.0 cm³/mol. The predicted octanol–water partition coefficient (Wildman–Crippen LogP) is 2.31. The maximum Gasteiger partial charge on any atom is 0.263 e. The van der Waals surface area contributed by atoms with Gasteiger partial charge in [-0.2, -0.15) is 4.98 Å². The Morgan fingerprint density at radius 2 is 2.24 bits per heavy atom. The van der Waals surface area contributed by atoms with Crippen molar-refractivity contribution in [2.75, 3.05) is 11.4 Å². The Labute approximate surface area is 99.8 Å². The van der Waals surface area contributed by atoms with Crippen molar-refractivity contribution < 1.29 is 4.52 Å². The number of fused-ring (bicyclic) bond motifs is 1. The zero-order chi connectivity index (χ0) is 11.8. The quantitative estimate of drug-likeness (QED) is 0.755. The van der Waals surface area contributed by atoms with Gasteiger partial charge >= 0.3 is 0 Å². The molecule has 3 rings (SSSR count). The average molecular weight is 232 g/mol. The van der Waals surface area contributed by atoms with Crippen LogP contribution in [0.4, 0.5) is 5.82 Å². The van der Waals surface area contributed by atoms with Gasteiger partial charge in [0.05, 0.1) is 5.69 Å². The molecule has 0 amide bonds. The number of nitrogens with zero attached hydrogens (tertiary/aromatic N) is 4. The smallest absolute Gasteiger partial charge is 0.263 e. The summed E-state index contributed by atoms with van der Waals surface area (Å²) in [5, 5.41) is 4.93. The summed E-state index contributed by atoms with van der Waals surface area (Å²) in [5.74, 6) is 0.973. The summed E-state index contributed by atoms with van der Waals surface area (Å²) >= 11 is 0. The van der Waals surface area contributed by atoms with E-state index in [0.29, 0.717) is 11.8 Å². The fourth-order valence-corrected chi connectivity index (χ4v) is 2.53. The van der Waals surface area contributed by atoms with Gasteiger partial charge in [0.25, 0.3) is 5.71 Å². The molecule has 0 unspecified atom stereocenters. The van der Waals surface area contributed by atoms with Crippen molar-refractivity contribution in [2.24, 2.45) is 0 Å². The van der Waals surface area contributed by atoms with Crippen LogP contribution in [0.3, 0.4) is 0 Å². The molecule has 17 heavy (non-hydrogen) atoms.